The number of ether oxygens (including phenoxy) is 1. The molecule has 130 valence electrons. The zero-order valence-electron chi connectivity index (χ0n) is 14.0. The molecule has 1 fully saturated rings. The van der Waals surface area contributed by atoms with E-state index in [4.69, 9.17) is 17.0 Å². The zero-order chi connectivity index (χ0) is 16.8. The van der Waals surface area contributed by atoms with Gasteiger partial charge in [0.2, 0.25) is 0 Å². The lowest BCUT2D eigenvalue weighted by molar-refractivity contribution is 0.206. The largest absolute Gasteiger partial charge is 0.383 e. The van der Waals surface area contributed by atoms with Gasteiger partial charge in [-0.05, 0) is 12.8 Å². The molecule has 0 atom stereocenters. The maximum absolute atomic E-state index is 5.60. The van der Waals surface area contributed by atoms with Crippen LogP contribution in [0.3, 0.4) is 0 Å². The summed E-state index contributed by atoms with van der Waals surface area (Å²) in [5.74, 6) is 0.808. The molecular formula is C16H24N6OS. The van der Waals surface area contributed by atoms with E-state index in [0.29, 0.717) is 31.4 Å². The first-order chi connectivity index (χ1) is 11.8. The molecule has 0 aromatic carbocycles. The number of aromatic amines is 1. The van der Waals surface area contributed by atoms with Crippen LogP contribution in [0.5, 0.6) is 0 Å². The first kappa shape index (κ1) is 17.0. The smallest absolute Gasteiger partial charge is 0.182 e. The summed E-state index contributed by atoms with van der Waals surface area (Å²) in [5.41, 5.74) is 1.49. The number of hydrogen-bond acceptors (Lipinski definition) is 6. The van der Waals surface area contributed by atoms with E-state index in [9.17, 15) is 0 Å². The molecule has 1 aliphatic rings. The standard InChI is InChI=1S/C16H24N6OS/c1-23-8-7-22(9-13(24)21-12-5-3-2-4-6-12)16-14-15(18-10-17-14)19-11-20-16/h10-12H,2-9H2,1H3,(H,21,24)(H,17,18,19,20). The zero-order valence-corrected chi connectivity index (χ0v) is 14.8. The fraction of sp³-hybridized carbons (Fsp3) is 0.625. The van der Waals surface area contributed by atoms with Crippen LogP contribution in [0.1, 0.15) is 32.1 Å². The minimum atomic E-state index is 0.507. The van der Waals surface area contributed by atoms with E-state index in [1.807, 2.05) is 0 Å². The number of methoxy groups -OCH3 is 1. The molecule has 0 amide bonds. The van der Waals surface area contributed by atoms with E-state index in [0.717, 1.165) is 16.3 Å². The normalized spacial score (nSPS) is 15.5. The molecular weight excluding hydrogens is 324 g/mol. The number of nitrogens with zero attached hydrogens (tertiary/aromatic N) is 4. The van der Waals surface area contributed by atoms with Gasteiger partial charge in [0.05, 0.1) is 24.5 Å². The molecule has 0 unspecified atom stereocenters. The summed E-state index contributed by atoms with van der Waals surface area (Å²) in [6.45, 7) is 1.92. The molecule has 0 spiro atoms. The topological polar surface area (TPSA) is 79.0 Å². The third-order valence-electron chi connectivity index (χ3n) is 4.37. The first-order valence-electron chi connectivity index (χ1n) is 8.45. The number of anilines is 1. The summed E-state index contributed by atoms with van der Waals surface area (Å²) >= 11 is 5.60. The highest BCUT2D eigenvalue weighted by molar-refractivity contribution is 7.80. The Morgan fingerprint density at radius 1 is 1.33 bits per heavy atom. The van der Waals surface area contributed by atoms with Gasteiger partial charge in [0.1, 0.15) is 11.8 Å². The Balaban J connectivity index is 1.71. The predicted octanol–water partition coefficient (Wildman–Crippen LogP) is 2.06. The molecule has 0 saturated heterocycles. The Morgan fingerprint density at radius 3 is 2.96 bits per heavy atom. The number of nitrogens with one attached hydrogen (secondary N) is 2. The summed E-state index contributed by atoms with van der Waals surface area (Å²) in [7, 11) is 1.70. The van der Waals surface area contributed by atoms with E-state index in [1.54, 1.807) is 13.4 Å². The van der Waals surface area contributed by atoms with Crippen LogP contribution < -0.4 is 10.2 Å². The summed E-state index contributed by atoms with van der Waals surface area (Å²) < 4.78 is 5.24. The molecule has 7 nitrogen and oxygen atoms in total. The van der Waals surface area contributed by atoms with E-state index in [-0.39, 0.29) is 0 Å². The molecule has 1 saturated carbocycles. The van der Waals surface area contributed by atoms with Crippen molar-refractivity contribution in [2.45, 2.75) is 38.1 Å². The van der Waals surface area contributed by atoms with Gasteiger partial charge < -0.3 is 19.9 Å². The number of hydrogen-bond donors (Lipinski definition) is 2. The van der Waals surface area contributed by atoms with Gasteiger partial charge in [0.25, 0.3) is 0 Å². The van der Waals surface area contributed by atoms with Crippen LogP contribution in [0.4, 0.5) is 5.82 Å². The molecule has 2 aromatic heterocycles. The van der Waals surface area contributed by atoms with E-state index < -0.39 is 0 Å². The lowest BCUT2D eigenvalue weighted by atomic mass is 9.95. The van der Waals surface area contributed by atoms with Gasteiger partial charge in [-0.2, -0.15) is 0 Å². The van der Waals surface area contributed by atoms with Crippen LogP contribution in [0.2, 0.25) is 0 Å². The Kier molecular flexibility index (Phi) is 5.92. The molecule has 3 rings (SSSR count). The average Bonchev–Trinajstić information content (AvgIpc) is 3.08. The van der Waals surface area contributed by atoms with Crippen molar-refractivity contribution in [1.82, 2.24) is 25.3 Å². The second-order valence-electron chi connectivity index (χ2n) is 6.12. The van der Waals surface area contributed by atoms with Gasteiger partial charge in [-0.15, -0.1) is 0 Å². The van der Waals surface area contributed by atoms with E-state index in [1.165, 1.54) is 38.4 Å². The number of thiocarbonyl (C=S) groups is 1. The van der Waals surface area contributed by atoms with Gasteiger partial charge in [0.15, 0.2) is 11.5 Å². The predicted molar refractivity (Wildman–Crippen MR) is 98.4 cm³/mol. The molecule has 0 bridgehead atoms. The average molecular weight is 348 g/mol. The summed E-state index contributed by atoms with van der Waals surface area (Å²) in [6, 6.07) is 0.507. The molecule has 2 aromatic rings. The Hall–Kier alpha value is -1.80. The van der Waals surface area contributed by atoms with Gasteiger partial charge in [0, 0.05) is 19.7 Å². The minimum Gasteiger partial charge on any atom is -0.383 e. The molecule has 0 aliphatic heterocycles. The minimum absolute atomic E-state index is 0.507. The van der Waals surface area contributed by atoms with Crippen molar-refractivity contribution in [1.29, 1.82) is 0 Å². The van der Waals surface area contributed by atoms with Crippen molar-refractivity contribution < 1.29 is 4.74 Å². The lowest BCUT2D eigenvalue weighted by Gasteiger charge is -2.28. The SMILES string of the molecule is COCCN(CC(=S)NC1CCCCC1)c1ncnc2nc[nH]c12. The van der Waals surface area contributed by atoms with Crippen molar-refractivity contribution in [2.75, 3.05) is 31.7 Å². The molecule has 2 N–H and O–H groups in total. The van der Waals surface area contributed by atoms with Crippen LogP contribution >= 0.6 is 12.2 Å². The van der Waals surface area contributed by atoms with Crippen LogP contribution in [0.25, 0.3) is 11.2 Å². The van der Waals surface area contributed by atoms with Crippen molar-refractivity contribution in [2.24, 2.45) is 0 Å². The lowest BCUT2D eigenvalue weighted by Crippen LogP contribution is -2.43. The quantitative estimate of drug-likeness (QED) is 0.741. The van der Waals surface area contributed by atoms with E-state index in [2.05, 4.69) is 30.2 Å². The molecule has 24 heavy (non-hydrogen) atoms. The van der Waals surface area contributed by atoms with Crippen molar-refractivity contribution >= 4 is 34.2 Å². The monoisotopic (exact) mass is 348 g/mol. The Bertz CT molecular complexity index is 669. The van der Waals surface area contributed by atoms with Crippen molar-refractivity contribution in [3.8, 4) is 0 Å². The Labute approximate surface area is 147 Å². The number of H-pyrrole nitrogens is 1. The third kappa shape index (κ3) is 4.18. The van der Waals surface area contributed by atoms with Crippen molar-refractivity contribution in [3.63, 3.8) is 0 Å². The first-order valence-corrected chi connectivity index (χ1v) is 8.86. The maximum atomic E-state index is 5.60. The maximum Gasteiger partial charge on any atom is 0.182 e. The van der Waals surface area contributed by atoms with Crippen LogP contribution in [0.15, 0.2) is 12.7 Å². The summed E-state index contributed by atoms with van der Waals surface area (Å²) in [6.07, 6.45) is 9.49. The van der Waals surface area contributed by atoms with Crippen molar-refractivity contribution in [3.05, 3.63) is 12.7 Å². The second kappa shape index (κ2) is 8.34. The molecule has 2 heterocycles. The second-order valence-corrected chi connectivity index (χ2v) is 6.61. The van der Waals surface area contributed by atoms with Gasteiger partial charge in [-0.1, -0.05) is 31.5 Å². The van der Waals surface area contributed by atoms with Crippen LogP contribution in [-0.4, -0.2) is 57.8 Å². The van der Waals surface area contributed by atoms with Gasteiger partial charge in [-0.3, -0.25) is 0 Å². The summed E-state index contributed by atoms with van der Waals surface area (Å²) in [4.78, 5) is 18.9. The van der Waals surface area contributed by atoms with Gasteiger partial charge >= 0.3 is 0 Å². The van der Waals surface area contributed by atoms with Crippen LogP contribution in [0, 0.1) is 0 Å². The van der Waals surface area contributed by atoms with E-state index >= 15 is 0 Å². The number of rotatable bonds is 7. The number of fused-ring (bicyclic) bond motifs is 1. The van der Waals surface area contributed by atoms with Crippen LogP contribution in [-0.2, 0) is 4.74 Å². The Morgan fingerprint density at radius 2 is 2.17 bits per heavy atom. The molecule has 8 heteroatoms. The van der Waals surface area contributed by atoms with Gasteiger partial charge in [-0.25, -0.2) is 15.0 Å². The molecule has 0 radical (unpaired) electrons. The third-order valence-corrected chi connectivity index (χ3v) is 4.62. The summed E-state index contributed by atoms with van der Waals surface area (Å²) in [5, 5.41) is 3.52. The number of aromatic nitrogens is 4. The molecule has 1 aliphatic carbocycles. The fourth-order valence-corrected chi connectivity index (χ4v) is 3.47. The highest BCUT2D eigenvalue weighted by Crippen LogP contribution is 2.20. The highest BCUT2D eigenvalue weighted by Gasteiger charge is 2.18. The highest BCUT2D eigenvalue weighted by atomic mass is 32.1. The number of imidazole rings is 1. The fourth-order valence-electron chi connectivity index (χ4n) is 3.15.